The quantitative estimate of drug-likeness (QED) is 0.538. The summed E-state index contributed by atoms with van der Waals surface area (Å²) in [5, 5.41) is 23.3. The third kappa shape index (κ3) is 3.65. The van der Waals surface area contributed by atoms with Crippen molar-refractivity contribution in [2.75, 3.05) is 33.9 Å². The van der Waals surface area contributed by atoms with Gasteiger partial charge in [0, 0.05) is 19.7 Å². The van der Waals surface area contributed by atoms with Crippen molar-refractivity contribution >= 4 is 11.0 Å². The van der Waals surface area contributed by atoms with Crippen molar-refractivity contribution in [1.29, 1.82) is 0 Å². The molecular weight excluding hydrogens is 322 g/mol. The lowest BCUT2D eigenvalue weighted by Crippen LogP contribution is -2.35. The molecule has 0 bridgehead atoms. The van der Waals surface area contributed by atoms with Crippen molar-refractivity contribution in [2.24, 2.45) is 0 Å². The maximum atomic E-state index is 12.9. The number of aryl methyl sites for hydroxylation is 2. The number of hydrogen-bond acceptors (Lipinski definition) is 6. The van der Waals surface area contributed by atoms with Gasteiger partial charge in [-0.3, -0.25) is 0 Å². The van der Waals surface area contributed by atoms with Crippen LogP contribution in [0.5, 0.6) is 0 Å². The van der Waals surface area contributed by atoms with Crippen LogP contribution in [-0.2, 0) is 17.6 Å². The molecule has 1 unspecified atom stereocenters. The number of methoxy groups -OCH3 is 1. The van der Waals surface area contributed by atoms with Crippen LogP contribution >= 0.6 is 0 Å². The predicted octanol–water partition coefficient (Wildman–Crippen LogP) is 0.672. The number of nitrogens with one attached hydrogen (secondary N) is 2. The largest absolute Gasteiger partial charge is 0.804 e. The van der Waals surface area contributed by atoms with Crippen molar-refractivity contribution in [1.82, 2.24) is 20.5 Å². The molecule has 1 aromatic heterocycles. The fourth-order valence-electron chi connectivity index (χ4n) is 3.38. The predicted molar refractivity (Wildman–Crippen MR) is 95.1 cm³/mol. The lowest BCUT2D eigenvalue weighted by Gasteiger charge is -2.23. The van der Waals surface area contributed by atoms with E-state index in [1.807, 2.05) is 19.2 Å². The summed E-state index contributed by atoms with van der Waals surface area (Å²) < 4.78 is 6.45. The molecule has 0 radical (unpaired) electrons. The molecule has 136 valence electrons. The summed E-state index contributed by atoms with van der Waals surface area (Å²) >= 11 is 0. The Labute approximate surface area is 146 Å². The Morgan fingerprint density at radius 2 is 2.12 bits per heavy atom. The standard InChI is InChI=1S/C17H25N5O3/c1-18-7-6-14(19-8-9-25-2)17-20-22(24)16-11-13-5-3-4-12(13)10-15(16)21(17)23/h10-11,14,18-19H,3-9H2,1-2H3. The molecule has 1 aliphatic carbocycles. The average Bonchev–Trinajstić information content (AvgIpc) is 3.07. The fraction of sp³-hybridized carbons (Fsp3) is 0.588. The zero-order valence-corrected chi connectivity index (χ0v) is 14.7. The highest BCUT2D eigenvalue weighted by atomic mass is 16.5. The summed E-state index contributed by atoms with van der Waals surface area (Å²) in [7, 11) is 3.47. The van der Waals surface area contributed by atoms with Crippen molar-refractivity contribution < 1.29 is 9.28 Å². The number of hydrogen-bond donors (Lipinski definition) is 2. The Morgan fingerprint density at radius 3 is 2.84 bits per heavy atom. The third-order valence-corrected chi connectivity index (χ3v) is 4.71. The summed E-state index contributed by atoms with van der Waals surface area (Å²) in [6.45, 7) is 1.80. The van der Waals surface area contributed by atoms with Gasteiger partial charge in [0.15, 0.2) is 10.4 Å². The van der Waals surface area contributed by atoms with Crippen LogP contribution in [0.3, 0.4) is 0 Å². The number of rotatable bonds is 8. The van der Waals surface area contributed by atoms with E-state index >= 15 is 0 Å². The van der Waals surface area contributed by atoms with Gasteiger partial charge in [-0.25, -0.2) is 0 Å². The minimum absolute atomic E-state index is 0.201. The van der Waals surface area contributed by atoms with Crippen LogP contribution in [0.2, 0.25) is 0 Å². The molecule has 25 heavy (non-hydrogen) atoms. The smallest absolute Gasteiger partial charge is 0.318 e. The van der Waals surface area contributed by atoms with E-state index in [1.165, 1.54) is 0 Å². The second-order valence-corrected chi connectivity index (χ2v) is 6.38. The molecule has 0 saturated carbocycles. The Kier molecular flexibility index (Phi) is 5.62. The highest BCUT2D eigenvalue weighted by molar-refractivity contribution is 5.74. The second-order valence-electron chi connectivity index (χ2n) is 6.38. The maximum absolute atomic E-state index is 12.9. The topological polar surface area (TPSA) is 97.1 Å². The van der Waals surface area contributed by atoms with E-state index < -0.39 is 0 Å². The molecule has 8 heteroatoms. The van der Waals surface area contributed by atoms with Crippen LogP contribution in [0.4, 0.5) is 0 Å². The summed E-state index contributed by atoms with van der Waals surface area (Å²) in [5.74, 6) is 0.201. The molecule has 3 rings (SSSR count). The Morgan fingerprint density at radius 1 is 1.36 bits per heavy atom. The van der Waals surface area contributed by atoms with E-state index in [1.54, 1.807) is 7.11 Å². The van der Waals surface area contributed by atoms with Crippen molar-refractivity contribution in [3.8, 4) is 0 Å². The molecule has 0 saturated heterocycles. The molecule has 1 heterocycles. The zero-order chi connectivity index (χ0) is 17.8. The van der Waals surface area contributed by atoms with Gasteiger partial charge >= 0.3 is 5.52 Å². The monoisotopic (exact) mass is 347 g/mol. The van der Waals surface area contributed by atoms with Crippen LogP contribution in [0.1, 0.15) is 35.8 Å². The Bertz CT molecular complexity index is 805. The molecular formula is C17H25N5O3. The molecule has 1 aliphatic rings. The maximum Gasteiger partial charge on any atom is 0.318 e. The van der Waals surface area contributed by atoms with Gasteiger partial charge in [0.1, 0.15) is 5.52 Å². The lowest BCUT2D eigenvalue weighted by atomic mass is 10.1. The average molecular weight is 347 g/mol. The van der Waals surface area contributed by atoms with Crippen molar-refractivity contribution in [3.63, 3.8) is 0 Å². The normalized spacial score (nSPS) is 14.8. The zero-order valence-electron chi connectivity index (χ0n) is 14.7. The van der Waals surface area contributed by atoms with Gasteiger partial charge in [-0.1, -0.05) is 0 Å². The molecule has 0 fully saturated rings. The van der Waals surface area contributed by atoms with Gasteiger partial charge in [-0.2, -0.15) is 0 Å². The van der Waals surface area contributed by atoms with E-state index in [9.17, 15) is 10.1 Å². The van der Waals surface area contributed by atoms with Gasteiger partial charge in [0.05, 0.1) is 22.7 Å². The first-order chi connectivity index (χ1) is 12.2. The molecule has 0 spiro atoms. The molecule has 2 aromatic rings. The first kappa shape index (κ1) is 17.8. The highest BCUT2D eigenvalue weighted by Crippen LogP contribution is 2.26. The summed E-state index contributed by atoms with van der Waals surface area (Å²) in [5.41, 5.74) is 3.04. The fourth-order valence-corrected chi connectivity index (χ4v) is 3.38. The molecule has 0 amide bonds. The molecule has 0 aliphatic heterocycles. The minimum Gasteiger partial charge on any atom is -0.804 e. The Balaban J connectivity index is 2.02. The second kappa shape index (κ2) is 7.90. The van der Waals surface area contributed by atoms with E-state index in [-0.39, 0.29) is 11.9 Å². The van der Waals surface area contributed by atoms with Crippen molar-refractivity contribution in [3.05, 3.63) is 39.2 Å². The van der Waals surface area contributed by atoms with Crippen LogP contribution in [0.25, 0.3) is 11.0 Å². The van der Waals surface area contributed by atoms with Gasteiger partial charge in [0.2, 0.25) is 0 Å². The SMILES string of the molecule is CNCCC(NCCOC)c1n[n+](=O)c2cc3c(cc2n1[O-])CCC3. The van der Waals surface area contributed by atoms with Crippen LogP contribution in [0.15, 0.2) is 12.1 Å². The van der Waals surface area contributed by atoms with Crippen LogP contribution in [0, 0.1) is 10.1 Å². The summed E-state index contributed by atoms with van der Waals surface area (Å²) in [6.07, 6.45) is 3.62. The molecule has 1 atom stereocenters. The minimum atomic E-state index is -0.321. The third-order valence-electron chi connectivity index (χ3n) is 4.71. The number of benzene rings is 1. The first-order valence-corrected chi connectivity index (χ1v) is 8.71. The van der Waals surface area contributed by atoms with Gasteiger partial charge < -0.3 is 25.3 Å². The van der Waals surface area contributed by atoms with Gasteiger partial charge in [-0.15, -0.1) is 0 Å². The van der Waals surface area contributed by atoms with Gasteiger partial charge in [-0.05, 0) is 56.5 Å². The van der Waals surface area contributed by atoms with E-state index in [0.29, 0.717) is 41.7 Å². The number of aromatic nitrogens is 3. The van der Waals surface area contributed by atoms with E-state index in [2.05, 4.69) is 15.7 Å². The van der Waals surface area contributed by atoms with Crippen LogP contribution < -0.4 is 15.2 Å². The highest BCUT2D eigenvalue weighted by Gasteiger charge is 2.24. The summed E-state index contributed by atoms with van der Waals surface area (Å²) in [4.78, 5) is 12.4. The lowest BCUT2D eigenvalue weighted by molar-refractivity contribution is -0.538. The first-order valence-electron chi connectivity index (χ1n) is 8.71. The number of ether oxygens (including phenoxy) is 1. The van der Waals surface area contributed by atoms with E-state index in [0.717, 1.165) is 35.1 Å². The molecule has 2 N–H and O–H groups in total. The van der Waals surface area contributed by atoms with Crippen LogP contribution in [-0.4, -0.2) is 43.7 Å². The molecule has 8 nitrogen and oxygen atoms in total. The van der Waals surface area contributed by atoms with Gasteiger partial charge in [0.25, 0.3) is 0 Å². The number of nitrogens with zero attached hydrogens (tertiary/aromatic N) is 3. The summed E-state index contributed by atoms with van der Waals surface area (Å²) in [6, 6.07) is 3.35. The van der Waals surface area contributed by atoms with Crippen molar-refractivity contribution in [2.45, 2.75) is 31.7 Å². The Hall–Kier alpha value is -2.03. The molecule has 1 aromatic carbocycles. The van der Waals surface area contributed by atoms with E-state index in [4.69, 9.17) is 4.74 Å². The number of fused-ring (bicyclic) bond motifs is 2.